The molecule has 3 rings (SSSR count). The maximum absolute atomic E-state index is 11.9. The van der Waals surface area contributed by atoms with Crippen molar-refractivity contribution in [1.29, 1.82) is 0 Å². The highest BCUT2D eigenvalue weighted by Gasteiger charge is 2.45. The van der Waals surface area contributed by atoms with E-state index in [1.165, 1.54) is 12.7 Å². The molecule has 0 heterocycles. The molecular formula is C22H29N3O4. The van der Waals surface area contributed by atoms with Crippen LogP contribution in [0.15, 0.2) is 47.1 Å². The minimum Gasteiger partial charge on any atom is -0.469 e. The van der Waals surface area contributed by atoms with Gasteiger partial charge in [-0.25, -0.2) is 10.2 Å². The summed E-state index contributed by atoms with van der Waals surface area (Å²) in [5.41, 5.74) is 4.56. The lowest BCUT2D eigenvalue weighted by molar-refractivity contribution is -0.140. The lowest BCUT2D eigenvalue weighted by Gasteiger charge is -2.16. The zero-order valence-corrected chi connectivity index (χ0v) is 16.7. The summed E-state index contributed by atoms with van der Waals surface area (Å²) < 4.78 is 4.66. The maximum atomic E-state index is 11.9. The van der Waals surface area contributed by atoms with E-state index in [4.69, 9.17) is 0 Å². The molecule has 0 bridgehead atoms. The van der Waals surface area contributed by atoms with Crippen molar-refractivity contribution in [2.45, 2.75) is 44.6 Å². The van der Waals surface area contributed by atoms with Crippen LogP contribution in [-0.4, -0.2) is 36.5 Å². The van der Waals surface area contributed by atoms with Crippen LogP contribution in [0, 0.1) is 17.8 Å². The molecule has 0 radical (unpaired) electrons. The van der Waals surface area contributed by atoms with Gasteiger partial charge in [0.15, 0.2) is 0 Å². The molecule has 2 saturated carbocycles. The van der Waals surface area contributed by atoms with E-state index in [0.29, 0.717) is 23.9 Å². The highest BCUT2D eigenvalue weighted by Crippen LogP contribution is 2.49. The van der Waals surface area contributed by atoms with Gasteiger partial charge in [0.1, 0.15) is 0 Å². The molecule has 7 nitrogen and oxygen atoms in total. The van der Waals surface area contributed by atoms with E-state index in [-0.39, 0.29) is 11.9 Å². The average molecular weight is 399 g/mol. The SMILES string of the molecule is COC(=O)CCCC=C1C[C@H]2C[C@@H](O)[C@H](/C=N\NC(=O)Nc3ccccc3)[C@H]2C1. The first kappa shape index (κ1) is 21.0. The van der Waals surface area contributed by atoms with Crippen LogP contribution in [0.4, 0.5) is 10.5 Å². The second kappa shape index (κ2) is 10.2. The fourth-order valence-corrected chi connectivity index (χ4v) is 4.40. The van der Waals surface area contributed by atoms with E-state index in [2.05, 4.69) is 26.7 Å². The maximum Gasteiger partial charge on any atom is 0.339 e. The molecule has 2 fully saturated rings. The molecule has 0 unspecified atom stereocenters. The van der Waals surface area contributed by atoms with Gasteiger partial charge in [-0.2, -0.15) is 5.10 Å². The quantitative estimate of drug-likeness (QED) is 0.215. The molecule has 0 aliphatic heterocycles. The summed E-state index contributed by atoms with van der Waals surface area (Å²) >= 11 is 0. The highest BCUT2D eigenvalue weighted by molar-refractivity contribution is 5.89. The minimum atomic E-state index is -0.423. The molecule has 1 aromatic carbocycles. The predicted octanol–water partition coefficient (Wildman–Crippen LogP) is 3.47. The number of hydrogen-bond acceptors (Lipinski definition) is 5. The third kappa shape index (κ3) is 5.90. The molecule has 2 aliphatic carbocycles. The number of rotatable bonds is 7. The van der Waals surface area contributed by atoms with Crippen LogP contribution >= 0.6 is 0 Å². The predicted molar refractivity (Wildman–Crippen MR) is 111 cm³/mol. The summed E-state index contributed by atoms with van der Waals surface area (Å²) in [4.78, 5) is 23.1. The Morgan fingerprint density at radius 1 is 1.28 bits per heavy atom. The number of nitrogens with one attached hydrogen (secondary N) is 2. The van der Waals surface area contributed by atoms with Crippen molar-refractivity contribution in [2.24, 2.45) is 22.9 Å². The van der Waals surface area contributed by atoms with E-state index in [9.17, 15) is 14.7 Å². The first-order valence-corrected chi connectivity index (χ1v) is 10.1. The molecule has 29 heavy (non-hydrogen) atoms. The summed E-state index contributed by atoms with van der Waals surface area (Å²) in [6.45, 7) is 0. The van der Waals surface area contributed by atoms with E-state index >= 15 is 0 Å². The normalized spacial score (nSPS) is 27.2. The fraction of sp³-hybridized carbons (Fsp3) is 0.500. The van der Waals surface area contributed by atoms with Crippen molar-refractivity contribution in [3.63, 3.8) is 0 Å². The van der Waals surface area contributed by atoms with Crippen molar-refractivity contribution in [3.8, 4) is 0 Å². The molecule has 7 heteroatoms. The number of urea groups is 1. The Morgan fingerprint density at radius 2 is 2.07 bits per heavy atom. The fourth-order valence-electron chi connectivity index (χ4n) is 4.40. The first-order valence-electron chi connectivity index (χ1n) is 10.1. The van der Waals surface area contributed by atoms with Gasteiger partial charge in [-0.15, -0.1) is 0 Å². The van der Waals surface area contributed by atoms with Crippen LogP contribution in [0.25, 0.3) is 0 Å². The number of aliphatic hydroxyl groups excluding tert-OH is 1. The Labute approximate surface area is 171 Å². The van der Waals surface area contributed by atoms with Crippen LogP contribution in [-0.2, 0) is 9.53 Å². The molecule has 2 aliphatic rings. The molecule has 0 spiro atoms. The van der Waals surface area contributed by atoms with Gasteiger partial charge in [0.05, 0.1) is 13.2 Å². The number of carbonyl (C=O) groups is 2. The number of methoxy groups -OCH3 is 1. The van der Waals surface area contributed by atoms with E-state index in [1.54, 1.807) is 18.3 Å². The second-order valence-electron chi connectivity index (χ2n) is 7.75. The smallest absolute Gasteiger partial charge is 0.339 e. The van der Waals surface area contributed by atoms with E-state index in [0.717, 1.165) is 32.1 Å². The van der Waals surface area contributed by atoms with Gasteiger partial charge in [0.25, 0.3) is 0 Å². The molecule has 4 atom stereocenters. The number of benzene rings is 1. The Hall–Kier alpha value is -2.67. The number of unbranched alkanes of at least 4 members (excludes halogenated alkanes) is 1. The topological polar surface area (TPSA) is 100 Å². The summed E-state index contributed by atoms with van der Waals surface area (Å²) in [6.07, 6.45) is 8.28. The van der Waals surface area contributed by atoms with Gasteiger partial charge >= 0.3 is 12.0 Å². The van der Waals surface area contributed by atoms with Gasteiger partial charge < -0.3 is 15.2 Å². The number of amides is 2. The molecule has 2 amide bonds. The largest absolute Gasteiger partial charge is 0.469 e. The van der Waals surface area contributed by atoms with Crippen LogP contribution in [0.2, 0.25) is 0 Å². The lowest BCUT2D eigenvalue weighted by Crippen LogP contribution is -2.27. The minimum absolute atomic E-state index is 0.0574. The Kier molecular flexibility index (Phi) is 7.41. The van der Waals surface area contributed by atoms with Crippen LogP contribution in [0.1, 0.15) is 38.5 Å². The number of hydrogen-bond donors (Lipinski definition) is 3. The first-order chi connectivity index (χ1) is 14.1. The number of allylic oxidation sites excluding steroid dienone is 2. The number of fused-ring (bicyclic) bond motifs is 1. The number of anilines is 1. The number of para-hydroxylation sites is 1. The van der Waals surface area contributed by atoms with E-state index < -0.39 is 12.1 Å². The molecule has 0 aromatic heterocycles. The zero-order chi connectivity index (χ0) is 20.6. The molecule has 0 saturated heterocycles. The van der Waals surface area contributed by atoms with Crippen molar-refractivity contribution < 1.29 is 19.4 Å². The number of nitrogens with zero attached hydrogens (tertiary/aromatic N) is 1. The van der Waals surface area contributed by atoms with Gasteiger partial charge in [0.2, 0.25) is 0 Å². The van der Waals surface area contributed by atoms with Crippen LogP contribution < -0.4 is 10.7 Å². The van der Waals surface area contributed by atoms with E-state index in [1.807, 2.05) is 18.2 Å². The summed E-state index contributed by atoms with van der Waals surface area (Å²) in [5.74, 6) is 0.568. The van der Waals surface area contributed by atoms with Crippen molar-refractivity contribution in [1.82, 2.24) is 5.43 Å². The highest BCUT2D eigenvalue weighted by atomic mass is 16.5. The Morgan fingerprint density at radius 3 is 2.83 bits per heavy atom. The third-order valence-corrected chi connectivity index (χ3v) is 5.80. The van der Waals surface area contributed by atoms with Crippen LogP contribution in [0.5, 0.6) is 0 Å². The number of esters is 1. The number of carbonyl (C=O) groups excluding carboxylic acids is 2. The van der Waals surface area contributed by atoms with Crippen LogP contribution in [0.3, 0.4) is 0 Å². The molecule has 156 valence electrons. The standard InChI is InChI=1S/C22H29N3O4/c1-29-21(27)10-6-5-7-15-11-16-13-20(26)19(18(16)12-15)14-23-25-22(28)24-17-8-3-2-4-9-17/h2-4,7-9,14,16,18-20,26H,5-6,10-13H2,1H3,(H2,24,25,28)/b15-7?,23-14-/t16-,18-,19+,20+/m0/s1. The molecular weight excluding hydrogens is 370 g/mol. The molecule has 3 N–H and O–H groups in total. The number of aliphatic hydroxyl groups is 1. The number of ether oxygens (including phenoxy) is 1. The third-order valence-electron chi connectivity index (χ3n) is 5.80. The van der Waals surface area contributed by atoms with Gasteiger partial charge in [-0.1, -0.05) is 29.8 Å². The van der Waals surface area contributed by atoms with Gasteiger partial charge in [-0.3, -0.25) is 4.79 Å². The Balaban J connectivity index is 1.47. The summed E-state index contributed by atoms with van der Waals surface area (Å²) in [7, 11) is 1.41. The summed E-state index contributed by atoms with van der Waals surface area (Å²) in [6, 6.07) is 8.75. The zero-order valence-electron chi connectivity index (χ0n) is 16.7. The summed E-state index contributed by atoms with van der Waals surface area (Å²) in [5, 5.41) is 17.2. The average Bonchev–Trinajstić information content (AvgIpc) is 3.23. The van der Waals surface area contributed by atoms with Gasteiger partial charge in [-0.05, 0) is 56.1 Å². The van der Waals surface area contributed by atoms with Gasteiger partial charge in [0, 0.05) is 24.2 Å². The monoisotopic (exact) mass is 399 g/mol. The van der Waals surface area contributed by atoms with Crippen molar-refractivity contribution >= 4 is 23.9 Å². The Bertz CT molecular complexity index is 763. The van der Waals surface area contributed by atoms with Crippen molar-refractivity contribution in [3.05, 3.63) is 42.0 Å². The molecule has 1 aromatic rings. The number of hydrazone groups is 1. The lowest BCUT2D eigenvalue weighted by atomic mass is 9.92. The van der Waals surface area contributed by atoms with Crippen molar-refractivity contribution in [2.75, 3.05) is 12.4 Å². The second-order valence-corrected chi connectivity index (χ2v) is 7.75.